The molecule has 0 aliphatic carbocycles. The van der Waals surface area contributed by atoms with Crippen LogP contribution in [-0.2, 0) is 4.79 Å². The van der Waals surface area contributed by atoms with Gasteiger partial charge in [-0.3, -0.25) is 9.36 Å². The number of nitrogens with zero attached hydrogens (tertiary/aromatic N) is 2. The molecular formula is C11H6F4N2O3. The summed E-state index contributed by atoms with van der Waals surface area (Å²) in [5.74, 6) is -16.4. The fourth-order valence-corrected chi connectivity index (χ4v) is 1.54. The van der Waals surface area contributed by atoms with Gasteiger partial charge in [0.25, 0.3) is 0 Å². The minimum atomic E-state index is -5.52. The number of carboxylic acids is 1. The normalized spacial score (nSPS) is 12.6. The van der Waals surface area contributed by atoms with Crippen LogP contribution in [0.1, 0.15) is 4.79 Å². The largest absolute Gasteiger partial charge is 0.477 e. The van der Waals surface area contributed by atoms with Crippen molar-refractivity contribution in [3.05, 3.63) is 30.6 Å². The Morgan fingerprint density at radius 2 is 1.70 bits per heavy atom. The number of para-hydroxylation sites is 2. The number of carboxylic acid groups (broad SMARTS) is 1. The van der Waals surface area contributed by atoms with Gasteiger partial charge in [0.1, 0.15) is 6.33 Å². The van der Waals surface area contributed by atoms with Crippen molar-refractivity contribution in [3.8, 4) is 0 Å². The summed E-state index contributed by atoms with van der Waals surface area (Å²) in [6.45, 7) is 0. The third-order valence-corrected chi connectivity index (χ3v) is 2.60. The average Bonchev–Trinajstić information content (AvgIpc) is 2.81. The topological polar surface area (TPSA) is 72.2 Å². The van der Waals surface area contributed by atoms with Crippen molar-refractivity contribution in [3.63, 3.8) is 0 Å². The van der Waals surface area contributed by atoms with E-state index in [-0.39, 0.29) is 15.6 Å². The lowest BCUT2D eigenvalue weighted by Crippen LogP contribution is -2.53. The van der Waals surface area contributed by atoms with Crippen LogP contribution >= 0.6 is 0 Å². The fraction of sp³-hybridized carbons (Fsp3) is 0.182. The van der Waals surface area contributed by atoms with Crippen LogP contribution in [0.4, 0.5) is 17.6 Å². The van der Waals surface area contributed by atoms with Gasteiger partial charge in [0, 0.05) is 0 Å². The van der Waals surface area contributed by atoms with Gasteiger partial charge in [-0.25, -0.2) is 9.78 Å². The van der Waals surface area contributed by atoms with E-state index < -0.39 is 23.7 Å². The molecule has 0 aliphatic rings. The van der Waals surface area contributed by atoms with Gasteiger partial charge in [0.05, 0.1) is 11.0 Å². The van der Waals surface area contributed by atoms with Gasteiger partial charge in [-0.05, 0) is 12.1 Å². The van der Waals surface area contributed by atoms with E-state index in [1.54, 1.807) is 0 Å². The Morgan fingerprint density at radius 1 is 1.10 bits per heavy atom. The van der Waals surface area contributed by atoms with Crippen LogP contribution < -0.4 is 0 Å². The lowest BCUT2D eigenvalue weighted by Gasteiger charge is -2.21. The van der Waals surface area contributed by atoms with E-state index in [1.807, 2.05) is 0 Å². The Balaban J connectivity index is 2.53. The average molecular weight is 290 g/mol. The second kappa shape index (κ2) is 4.29. The van der Waals surface area contributed by atoms with Gasteiger partial charge < -0.3 is 5.11 Å². The highest BCUT2D eigenvalue weighted by Crippen LogP contribution is 2.36. The van der Waals surface area contributed by atoms with Gasteiger partial charge in [-0.15, -0.1) is 0 Å². The minimum absolute atomic E-state index is 0.127. The molecule has 0 amide bonds. The van der Waals surface area contributed by atoms with Gasteiger partial charge in [-0.1, -0.05) is 12.1 Å². The predicted octanol–water partition coefficient (Wildman–Crippen LogP) is 2.03. The Hall–Kier alpha value is -2.45. The summed E-state index contributed by atoms with van der Waals surface area (Å²) in [6.07, 6.45) is 0.638. The summed E-state index contributed by atoms with van der Waals surface area (Å²) in [5, 5.41) is 8.13. The number of imidazole rings is 1. The molecule has 106 valence electrons. The van der Waals surface area contributed by atoms with E-state index in [9.17, 15) is 27.2 Å². The second-order valence-corrected chi connectivity index (χ2v) is 3.86. The summed E-state index contributed by atoms with van der Waals surface area (Å²) in [6, 6.07) is 5.50. The smallest absolute Gasteiger partial charge is 0.413 e. The van der Waals surface area contributed by atoms with Crippen molar-refractivity contribution in [2.24, 2.45) is 0 Å². The maximum absolute atomic E-state index is 13.4. The first-order valence-corrected chi connectivity index (χ1v) is 5.15. The van der Waals surface area contributed by atoms with E-state index in [0.717, 1.165) is 0 Å². The standard InChI is InChI=1S/C11H6F4N2O3/c12-10(13,11(14,15)9(19)20)8(18)17-5-16-6-3-1-2-4-7(6)17/h1-5H,(H,19,20). The Kier molecular flexibility index (Phi) is 2.99. The second-order valence-electron chi connectivity index (χ2n) is 3.86. The number of halogens is 4. The number of carbonyl (C=O) groups excluding carboxylic acids is 1. The first-order chi connectivity index (χ1) is 9.19. The number of hydrogen-bond acceptors (Lipinski definition) is 3. The molecule has 0 aliphatic heterocycles. The van der Waals surface area contributed by atoms with Crippen molar-refractivity contribution < 1.29 is 32.3 Å². The van der Waals surface area contributed by atoms with Gasteiger partial charge in [0.15, 0.2) is 0 Å². The highest BCUT2D eigenvalue weighted by molar-refractivity contribution is 5.98. The molecule has 0 saturated carbocycles. The molecule has 0 radical (unpaired) electrons. The summed E-state index contributed by atoms with van der Waals surface area (Å²) in [5.41, 5.74) is 0.00801. The zero-order chi connectivity index (χ0) is 15.1. The quantitative estimate of drug-likeness (QED) is 0.878. The van der Waals surface area contributed by atoms with Crippen molar-refractivity contribution in [2.45, 2.75) is 11.8 Å². The first-order valence-electron chi connectivity index (χ1n) is 5.15. The molecule has 1 heterocycles. The van der Waals surface area contributed by atoms with Crippen LogP contribution in [0.25, 0.3) is 11.0 Å². The van der Waals surface area contributed by atoms with Crippen LogP contribution in [0.3, 0.4) is 0 Å². The molecule has 0 saturated heterocycles. The molecule has 0 atom stereocenters. The fourth-order valence-electron chi connectivity index (χ4n) is 1.54. The zero-order valence-electron chi connectivity index (χ0n) is 9.56. The number of carbonyl (C=O) groups is 2. The van der Waals surface area contributed by atoms with Crippen LogP contribution in [0.15, 0.2) is 30.6 Å². The van der Waals surface area contributed by atoms with Gasteiger partial charge in [-0.2, -0.15) is 17.6 Å². The molecule has 5 nitrogen and oxygen atoms in total. The number of aliphatic carboxylic acids is 1. The molecule has 0 bridgehead atoms. The highest BCUT2D eigenvalue weighted by Gasteiger charge is 2.68. The van der Waals surface area contributed by atoms with Gasteiger partial charge >= 0.3 is 23.7 Å². The number of rotatable bonds is 3. The number of alkyl halides is 4. The molecule has 1 aromatic carbocycles. The molecular weight excluding hydrogens is 284 g/mol. The summed E-state index contributed by atoms with van der Waals surface area (Å²) >= 11 is 0. The summed E-state index contributed by atoms with van der Waals surface area (Å²) < 4.78 is 52.9. The van der Waals surface area contributed by atoms with E-state index in [4.69, 9.17) is 5.11 Å². The lowest BCUT2D eigenvalue weighted by molar-refractivity contribution is -0.208. The van der Waals surface area contributed by atoms with Crippen molar-refractivity contribution in [1.82, 2.24) is 9.55 Å². The minimum Gasteiger partial charge on any atom is -0.477 e. The molecule has 20 heavy (non-hydrogen) atoms. The molecule has 2 aromatic rings. The molecule has 0 fully saturated rings. The first kappa shape index (κ1) is 14.0. The Morgan fingerprint density at radius 3 is 2.30 bits per heavy atom. The predicted molar refractivity (Wildman–Crippen MR) is 57.9 cm³/mol. The SMILES string of the molecule is O=C(O)C(F)(F)C(F)(F)C(=O)n1cnc2ccccc21. The third-order valence-electron chi connectivity index (χ3n) is 2.60. The van der Waals surface area contributed by atoms with Crippen molar-refractivity contribution in [2.75, 3.05) is 0 Å². The molecule has 0 unspecified atom stereocenters. The van der Waals surface area contributed by atoms with Crippen LogP contribution in [-0.4, -0.2) is 38.4 Å². The Labute approximate surface area is 108 Å². The van der Waals surface area contributed by atoms with Gasteiger partial charge in [0.2, 0.25) is 0 Å². The zero-order valence-corrected chi connectivity index (χ0v) is 9.56. The number of hydrogen-bond donors (Lipinski definition) is 1. The maximum Gasteiger partial charge on any atom is 0.413 e. The monoisotopic (exact) mass is 290 g/mol. The van der Waals surface area contributed by atoms with Crippen molar-refractivity contribution in [1.29, 1.82) is 0 Å². The lowest BCUT2D eigenvalue weighted by atomic mass is 10.1. The molecule has 9 heteroatoms. The Bertz CT molecular complexity index is 696. The maximum atomic E-state index is 13.4. The number of aromatic nitrogens is 2. The van der Waals surface area contributed by atoms with Crippen LogP contribution in [0.2, 0.25) is 0 Å². The van der Waals surface area contributed by atoms with E-state index >= 15 is 0 Å². The van der Waals surface area contributed by atoms with Crippen molar-refractivity contribution >= 4 is 22.9 Å². The molecule has 2 rings (SSSR count). The molecule has 0 spiro atoms. The third kappa shape index (κ3) is 1.82. The summed E-state index contributed by atoms with van der Waals surface area (Å²) in [7, 11) is 0. The van der Waals surface area contributed by atoms with Crippen LogP contribution in [0.5, 0.6) is 0 Å². The molecule has 1 N–H and O–H groups in total. The van der Waals surface area contributed by atoms with Crippen LogP contribution in [0, 0.1) is 0 Å². The van der Waals surface area contributed by atoms with E-state index in [0.29, 0.717) is 6.33 Å². The summed E-state index contributed by atoms with van der Waals surface area (Å²) in [4.78, 5) is 25.3. The number of benzene rings is 1. The van der Waals surface area contributed by atoms with E-state index in [2.05, 4.69) is 4.98 Å². The number of fused-ring (bicyclic) bond motifs is 1. The van der Waals surface area contributed by atoms with E-state index in [1.165, 1.54) is 24.3 Å². The highest BCUT2D eigenvalue weighted by atomic mass is 19.3. The molecule has 1 aromatic heterocycles.